The summed E-state index contributed by atoms with van der Waals surface area (Å²) < 4.78 is 36.4. The second-order valence-corrected chi connectivity index (χ2v) is 6.63. The van der Waals surface area contributed by atoms with E-state index < -0.39 is 12.3 Å². The molecule has 10 heteroatoms. The van der Waals surface area contributed by atoms with E-state index in [0.29, 0.717) is 35.6 Å². The summed E-state index contributed by atoms with van der Waals surface area (Å²) >= 11 is 0. The van der Waals surface area contributed by atoms with Gasteiger partial charge in [0.05, 0.1) is 29.7 Å². The lowest BCUT2D eigenvalue weighted by atomic mass is 10.2. The molecule has 3 heterocycles. The number of fused-ring (bicyclic) bond motifs is 1. The van der Waals surface area contributed by atoms with Crippen LogP contribution in [0.2, 0.25) is 0 Å². The zero-order valence-electron chi connectivity index (χ0n) is 16.1. The maximum atomic E-state index is 13.3. The molecule has 1 unspecified atom stereocenters. The van der Waals surface area contributed by atoms with Crippen molar-refractivity contribution in [3.05, 3.63) is 71.6 Å². The van der Waals surface area contributed by atoms with E-state index in [9.17, 15) is 8.78 Å². The van der Waals surface area contributed by atoms with Gasteiger partial charge in [-0.25, -0.2) is 0 Å². The number of nitrogens with zero attached hydrogens (tertiary/aromatic N) is 3. The Morgan fingerprint density at radius 2 is 2.03 bits per heavy atom. The van der Waals surface area contributed by atoms with Crippen molar-refractivity contribution in [3.8, 4) is 11.8 Å². The molecule has 1 aromatic heterocycles. The van der Waals surface area contributed by atoms with E-state index in [2.05, 4.69) is 21.2 Å². The molecule has 2 aliphatic rings. The molecular formula is C20H18F2N6O2. The Kier molecular flexibility index (Phi) is 4.79. The molecule has 3 N–H and O–H groups in total. The summed E-state index contributed by atoms with van der Waals surface area (Å²) in [6.45, 7) is 0.686. The number of hydrazine groups is 1. The molecule has 2 aromatic rings. The van der Waals surface area contributed by atoms with Crippen LogP contribution in [-0.2, 0) is 4.74 Å². The summed E-state index contributed by atoms with van der Waals surface area (Å²) in [4.78, 5) is 6.29. The minimum atomic E-state index is -3.29. The standard InChI is InChI=1S/C20H18F2N6O2/c1-20(21,22)30-13-4-6-16-15(9-13)25-19(14-5-3-12(10-23)11-24-14)28(16)17-7-8-18(29-2)27-26-17/h3-9,11,19,25-27H,1-2H3. The fourth-order valence-corrected chi connectivity index (χ4v) is 3.19. The fourth-order valence-electron chi connectivity index (χ4n) is 3.19. The zero-order chi connectivity index (χ0) is 21.3. The Hall–Kier alpha value is -4.00. The number of nitrogens with one attached hydrogen (secondary N) is 3. The Labute approximate surface area is 171 Å². The first-order valence-electron chi connectivity index (χ1n) is 8.98. The van der Waals surface area contributed by atoms with Crippen LogP contribution in [0.4, 0.5) is 20.2 Å². The summed E-state index contributed by atoms with van der Waals surface area (Å²) in [5.41, 5.74) is 8.37. The molecule has 4 rings (SSSR count). The number of ether oxygens (including phenoxy) is 2. The largest absolute Gasteiger partial charge is 0.481 e. The highest BCUT2D eigenvalue weighted by Crippen LogP contribution is 2.44. The SMILES string of the molecule is COC1=CC=C(N2c3ccc(OC(C)(F)F)cc3NC2c2ccc(C#N)cn2)NN1. The second-order valence-electron chi connectivity index (χ2n) is 6.63. The van der Waals surface area contributed by atoms with Gasteiger partial charge in [0.1, 0.15) is 23.8 Å². The van der Waals surface area contributed by atoms with Gasteiger partial charge in [0.2, 0.25) is 5.88 Å². The average molecular weight is 412 g/mol. The lowest BCUT2D eigenvalue weighted by molar-refractivity contribution is -0.158. The first kappa shape index (κ1) is 19.3. The van der Waals surface area contributed by atoms with Gasteiger partial charge >= 0.3 is 6.11 Å². The van der Waals surface area contributed by atoms with Crippen LogP contribution >= 0.6 is 0 Å². The number of alkyl halides is 2. The molecule has 0 radical (unpaired) electrons. The molecule has 1 aromatic carbocycles. The highest BCUT2D eigenvalue weighted by atomic mass is 19.3. The minimum absolute atomic E-state index is 0.0346. The van der Waals surface area contributed by atoms with Crippen molar-refractivity contribution in [2.45, 2.75) is 19.2 Å². The normalized spacial score (nSPS) is 17.4. The second kappa shape index (κ2) is 7.44. The van der Waals surface area contributed by atoms with Crippen LogP contribution in [0, 0.1) is 11.3 Å². The quantitative estimate of drug-likeness (QED) is 0.689. The molecule has 2 aliphatic heterocycles. The number of nitriles is 1. The van der Waals surface area contributed by atoms with E-state index in [4.69, 9.17) is 14.7 Å². The number of pyridine rings is 1. The molecule has 0 fully saturated rings. The maximum absolute atomic E-state index is 13.3. The molecule has 0 amide bonds. The van der Waals surface area contributed by atoms with Crippen molar-refractivity contribution in [3.63, 3.8) is 0 Å². The molecule has 0 saturated heterocycles. The molecular weight excluding hydrogens is 394 g/mol. The van der Waals surface area contributed by atoms with Crippen LogP contribution in [-0.4, -0.2) is 18.2 Å². The third-order valence-corrected chi connectivity index (χ3v) is 4.46. The number of allylic oxidation sites excluding steroid dienone is 2. The van der Waals surface area contributed by atoms with Gasteiger partial charge in [0, 0.05) is 25.3 Å². The van der Waals surface area contributed by atoms with Gasteiger partial charge in [0.25, 0.3) is 0 Å². The third kappa shape index (κ3) is 3.77. The molecule has 8 nitrogen and oxygen atoms in total. The maximum Gasteiger partial charge on any atom is 0.394 e. The Morgan fingerprint density at radius 3 is 2.63 bits per heavy atom. The number of halogens is 2. The predicted octanol–water partition coefficient (Wildman–Crippen LogP) is 3.31. The number of rotatable bonds is 5. The van der Waals surface area contributed by atoms with Crippen molar-refractivity contribution in [1.82, 2.24) is 15.8 Å². The highest BCUT2D eigenvalue weighted by molar-refractivity contribution is 5.80. The summed E-state index contributed by atoms with van der Waals surface area (Å²) in [7, 11) is 1.54. The van der Waals surface area contributed by atoms with E-state index in [1.165, 1.54) is 18.3 Å². The molecule has 0 aliphatic carbocycles. The first-order valence-corrected chi connectivity index (χ1v) is 8.98. The first-order chi connectivity index (χ1) is 14.4. The number of methoxy groups -OCH3 is 1. The summed E-state index contributed by atoms with van der Waals surface area (Å²) in [5.74, 6) is 1.24. The molecule has 0 saturated carbocycles. The van der Waals surface area contributed by atoms with Gasteiger partial charge in [0.15, 0.2) is 0 Å². The molecule has 0 spiro atoms. The van der Waals surface area contributed by atoms with Gasteiger partial charge in [-0.05, 0) is 30.3 Å². The molecule has 30 heavy (non-hydrogen) atoms. The van der Waals surface area contributed by atoms with Gasteiger partial charge in [-0.2, -0.15) is 14.0 Å². The monoisotopic (exact) mass is 412 g/mol. The molecule has 1 atom stereocenters. The fraction of sp³-hybridized carbons (Fsp3) is 0.200. The number of aromatic nitrogens is 1. The third-order valence-electron chi connectivity index (χ3n) is 4.46. The van der Waals surface area contributed by atoms with Gasteiger partial charge in [-0.15, -0.1) is 0 Å². The Balaban J connectivity index is 1.74. The number of benzene rings is 1. The van der Waals surface area contributed by atoms with Crippen LogP contribution < -0.4 is 25.8 Å². The average Bonchev–Trinajstić information content (AvgIpc) is 3.11. The topological polar surface area (TPSA) is 94.5 Å². The van der Waals surface area contributed by atoms with Gasteiger partial charge < -0.3 is 14.8 Å². The van der Waals surface area contributed by atoms with Crippen molar-refractivity contribution in [2.75, 3.05) is 17.3 Å². The zero-order valence-corrected chi connectivity index (χ0v) is 16.1. The number of hydrogen-bond acceptors (Lipinski definition) is 8. The van der Waals surface area contributed by atoms with E-state index in [1.54, 1.807) is 31.4 Å². The van der Waals surface area contributed by atoms with Crippen molar-refractivity contribution >= 4 is 11.4 Å². The van der Waals surface area contributed by atoms with Gasteiger partial charge in [-0.3, -0.25) is 20.7 Å². The number of hydrogen-bond donors (Lipinski definition) is 3. The van der Waals surface area contributed by atoms with Crippen LogP contribution in [0.1, 0.15) is 24.3 Å². The Morgan fingerprint density at radius 1 is 1.20 bits per heavy atom. The molecule has 154 valence electrons. The van der Waals surface area contributed by atoms with E-state index in [1.807, 2.05) is 17.0 Å². The summed E-state index contributed by atoms with van der Waals surface area (Å²) in [6, 6.07) is 10.1. The van der Waals surface area contributed by atoms with Gasteiger partial charge in [-0.1, -0.05) is 0 Å². The lowest BCUT2D eigenvalue weighted by Crippen LogP contribution is -2.42. The van der Waals surface area contributed by atoms with Crippen molar-refractivity contribution in [1.29, 1.82) is 5.26 Å². The van der Waals surface area contributed by atoms with Crippen LogP contribution in [0.15, 0.2) is 60.4 Å². The van der Waals surface area contributed by atoms with E-state index >= 15 is 0 Å². The van der Waals surface area contributed by atoms with Crippen LogP contribution in [0.3, 0.4) is 0 Å². The highest BCUT2D eigenvalue weighted by Gasteiger charge is 2.35. The summed E-state index contributed by atoms with van der Waals surface area (Å²) in [6.07, 6.45) is 1.30. The Bertz CT molecular complexity index is 1060. The lowest BCUT2D eigenvalue weighted by Gasteiger charge is -2.31. The van der Waals surface area contributed by atoms with Crippen LogP contribution in [0.25, 0.3) is 0 Å². The van der Waals surface area contributed by atoms with Crippen molar-refractivity contribution in [2.24, 2.45) is 0 Å². The minimum Gasteiger partial charge on any atom is -0.481 e. The van der Waals surface area contributed by atoms with E-state index in [0.717, 1.165) is 5.69 Å². The summed E-state index contributed by atoms with van der Waals surface area (Å²) in [5, 5.41) is 12.3. The predicted molar refractivity (Wildman–Crippen MR) is 105 cm³/mol. The number of anilines is 2. The van der Waals surface area contributed by atoms with Crippen LogP contribution in [0.5, 0.6) is 5.75 Å². The molecule has 0 bridgehead atoms. The smallest absolute Gasteiger partial charge is 0.394 e. The van der Waals surface area contributed by atoms with E-state index in [-0.39, 0.29) is 5.75 Å². The van der Waals surface area contributed by atoms with Crippen molar-refractivity contribution < 1.29 is 18.3 Å².